The number of rotatable bonds is 6. The number of aliphatic hydroxyl groups excluding tert-OH is 3. The number of carbonyl (C=O) groups excluding carboxylic acids is 1. The highest BCUT2D eigenvalue weighted by molar-refractivity contribution is 5.81. The molecular formula is C14H22N8O5. The third-order valence-electron chi connectivity index (χ3n) is 4.68. The number of nitrogens with two attached hydrogens (primary N) is 2. The van der Waals surface area contributed by atoms with Crippen molar-refractivity contribution in [1.82, 2.24) is 29.8 Å². The summed E-state index contributed by atoms with van der Waals surface area (Å²) in [5.41, 5.74) is 8.37. The van der Waals surface area contributed by atoms with Gasteiger partial charge in [0.25, 0.3) is 0 Å². The second-order valence-electron chi connectivity index (χ2n) is 6.22. The maximum atomic E-state index is 11.5. The first-order valence-electron chi connectivity index (χ1n) is 8.16. The molecule has 13 nitrogen and oxygen atoms in total. The monoisotopic (exact) mass is 382 g/mol. The summed E-state index contributed by atoms with van der Waals surface area (Å²) in [6, 6.07) is 0. The molecule has 0 unspecified atom stereocenters. The maximum absolute atomic E-state index is 11.5. The van der Waals surface area contributed by atoms with Crippen LogP contribution in [0.15, 0.2) is 12.7 Å². The molecule has 3 rings (SSSR count). The number of imidazole rings is 1. The summed E-state index contributed by atoms with van der Waals surface area (Å²) >= 11 is 0. The number of hydrogen-bond donors (Lipinski definition) is 6. The standard InChI is InChI=1S/C14H22N8O5/c1-21(3-2-8(24)20-16)14(11(26)10(25)7(4-23)27-14)22-6-19-9-12(15)17-5-18-13(9)22/h5-7,10-11,23,25-26H,2-4,16H2,1H3,(H,20,24)(H2,15,17,18)/t7-,10-,11-,14+/m1/s1. The van der Waals surface area contributed by atoms with E-state index >= 15 is 0 Å². The topological polar surface area (TPSA) is 198 Å². The number of anilines is 1. The molecule has 0 bridgehead atoms. The highest BCUT2D eigenvalue weighted by Crippen LogP contribution is 2.39. The lowest BCUT2D eigenvalue weighted by Gasteiger charge is -2.41. The summed E-state index contributed by atoms with van der Waals surface area (Å²) in [6.45, 7) is -0.425. The molecule has 13 heteroatoms. The number of amides is 1. The van der Waals surface area contributed by atoms with Crippen LogP contribution in [0.3, 0.4) is 0 Å². The molecule has 2 aromatic rings. The lowest BCUT2D eigenvalue weighted by molar-refractivity contribution is -0.234. The second-order valence-corrected chi connectivity index (χ2v) is 6.22. The summed E-state index contributed by atoms with van der Waals surface area (Å²) < 4.78 is 7.27. The molecular weight excluding hydrogens is 360 g/mol. The number of hydrazine groups is 1. The Labute approximate surface area is 153 Å². The minimum Gasteiger partial charge on any atom is -0.394 e. The van der Waals surface area contributed by atoms with E-state index in [1.807, 2.05) is 5.43 Å². The van der Waals surface area contributed by atoms with Crippen molar-refractivity contribution in [2.24, 2.45) is 5.84 Å². The van der Waals surface area contributed by atoms with E-state index in [1.54, 1.807) is 7.05 Å². The normalized spacial score (nSPS) is 28.1. The van der Waals surface area contributed by atoms with Crippen LogP contribution in [-0.4, -0.2) is 84.2 Å². The Morgan fingerprint density at radius 2 is 2.19 bits per heavy atom. The van der Waals surface area contributed by atoms with E-state index in [2.05, 4.69) is 15.0 Å². The highest BCUT2D eigenvalue weighted by atomic mass is 16.6. The molecule has 1 fully saturated rings. The summed E-state index contributed by atoms with van der Waals surface area (Å²) in [4.78, 5) is 25.2. The van der Waals surface area contributed by atoms with E-state index in [0.717, 1.165) is 0 Å². The Kier molecular flexibility index (Phi) is 5.23. The Hall–Kier alpha value is -2.42. The van der Waals surface area contributed by atoms with E-state index in [9.17, 15) is 20.1 Å². The fourth-order valence-corrected chi connectivity index (χ4v) is 3.22. The van der Waals surface area contributed by atoms with Gasteiger partial charge in [0.15, 0.2) is 11.5 Å². The number of fused-ring (bicyclic) bond motifs is 1. The molecule has 0 saturated carbocycles. The summed E-state index contributed by atoms with van der Waals surface area (Å²) in [5.74, 6) is 3.11. The number of nitrogen functional groups attached to an aromatic ring is 1. The smallest absolute Gasteiger partial charge is 0.236 e. The molecule has 3 heterocycles. The molecule has 2 aromatic heterocycles. The lowest BCUT2D eigenvalue weighted by Crippen LogP contribution is -2.57. The van der Waals surface area contributed by atoms with Crippen LogP contribution in [-0.2, 0) is 15.4 Å². The van der Waals surface area contributed by atoms with Crippen LogP contribution in [0.1, 0.15) is 6.42 Å². The average Bonchev–Trinajstić information content (AvgIpc) is 3.21. The minimum absolute atomic E-state index is 0.00549. The van der Waals surface area contributed by atoms with Crippen LogP contribution >= 0.6 is 0 Å². The van der Waals surface area contributed by atoms with Crippen molar-refractivity contribution in [1.29, 1.82) is 0 Å². The second kappa shape index (κ2) is 7.30. The zero-order valence-electron chi connectivity index (χ0n) is 14.6. The first-order chi connectivity index (χ1) is 12.9. The fourth-order valence-electron chi connectivity index (χ4n) is 3.22. The quantitative estimate of drug-likeness (QED) is 0.164. The number of hydrogen-bond acceptors (Lipinski definition) is 11. The molecule has 1 aliphatic rings. The van der Waals surface area contributed by atoms with E-state index in [-0.39, 0.29) is 29.9 Å². The zero-order chi connectivity index (χ0) is 19.8. The van der Waals surface area contributed by atoms with Crippen molar-refractivity contribution in [3.8, 4) is 0 Å². The van der Waals surface area contributed by atoms with Crippen LogP contribution < -0.4 is 17.0 Å². The van der Waals surface area contributed by atoms with Gasteiger partial charge in [-0.15, -0.1) is 0 Å². The van der Waals surface area contributed by atoms with E-state index < -0.39 is 36.7 Å². The molecule has 0 aromatic carbocycles. The largest absolute Gasteiger partial charge is 0.394 e. The predicted octanol–water partition coefficient (Wildman–Crippen LogP) is -3.56. The Bertz CT molecular complexity index is 831. The van der Waals surface area contributed by atoms with E-state index in [4.69, 9.17) is 16.3 Å². The molecule has 1 saturated heterocycles. The molecule has 1 aliphatic heterocycles. The number of nitrogens with zero attached hydrogens (tertiary/aromatic N) is 5. The number of carbonyl (C=O) groups is 1. The SMILES string of the molecule is CN(CCC(=O)NN)[C@@]1(n2cnc3c(N)ncnc32)O[C@H](CO)[C@@H](O)[C@H]1O. The third-order valence-corrected chi connectivity index (χ3v) is 4.68. The van der Waals surface area contributed by atoms with Gasteiger partial charge >= 0.3 is 0 Å². The van der Waals surface area contributed by atoms with Gasteiger partial charge in [-0.2, -0.15) is 0 Å². The highest BCUT2D eigenvalue weighted by Gasteiger charge is 2.58. The molecule has 0 spiro atoms. The van der Waals surface area contributed by atoms with Crippen LogP contribution in [0.2, 0.25) is 0 Å². The molecule has 4 atom stereocenters. The number of likely N-dealkylation sites (N-methyl/N-ethyl adjacent to an activating group) is 1. The molecule has 0 aliphatic carbocycles. The Morgan fingerprint density at radius 1 is 1.44 bits per heavy atom. The van der Waals surface area contributed by atoms with Gasteiger partial charge in [0.1, 0.15) is 36.5 Å². The van der Waals surface area contributed by atoms with Crippen LogP contribution in [0.4, 0.5) is 5.82 Å². The van der Waals surface area contributed by atoms with Crippen molar-refractivity contribution in [2.45, 2.75) is 30.6 Å². The number of aliphatic hydroxyl groups is 3. The summed E-state index contributed by atoms with van der Waals surface area (Å²) in [6.07, 6.45) is -1.39. The van der Waals surface area contributed by atoms with Crippen molar-refractivity contribution < 1.29 is 24.9 Å². The van der Waals surface area contributed by atoms with Crippen molar-refractivity contribution in [2.75, 3.05) is 25.9 Å². The predicted molar refractivity (Wildman–Crippen MR) is 91.3 cm³/mol. The minimum atomic E-state index is -1.70. The van der Waals surface area contributed by atoms with Gasteiger partial charge in [-0.3, -0.25) is 19.7 Å². The van der Waals surface area contributed by atoms with Crippen molar-refractivity contribution >= 4 is 22.9 Å². The van der Waals surface area contributed by atoms with Crippen LogP contribution in [0.25, 0.3) is 11.2 Å². The fraction of sp³-hybridized carbons (Fsp3) is 0.571. The zero-order valence-corrected chi connectivity index (χ0v) is 14.6. The Morgan fingerprint density at radius 3 is 2.81 bits per heavy atom. The van der Waals surface area contributed by atoms with Gasteiger partial charge in [0.2, 0.25) is 11.8 Å². The molecule has 0 radical (unpaired) electrons. The third kappa shape index (κ3) is 2.99. The lowest BCUT2D eigenvalue weighted by atomic mass is 10.1. The van der Waals surface area contributed by atoms with Crippen LogP contribution in [0, 0.1) is 0 Å². The van der Waals surface area contributed by atoms with Gasteiger partial charge in [-0.1, -0.05) is 0 Å². The first kappa shape index (κ1) is 19.3. The van der Waals surface area contributed by atoms with Gasteiger partial charge in [0, 0.05) is 13.0 Å². The molecule has 1 amide bonds. The Balaban J connectivity index is 2.10. The van der Waals surface area contributed by atoms with Gasteiger partial charge in [-0.25, -0.2) is 20.8 Å². The van der Waals surface area contributed by atoms with Crippen LogP contribution in [0.5, 0.6) is 0 Å². The summed E-state index contributed by atoms with van der Waals surface area (Å²) in [7, 11) is 1.58. The first-order valence-corrected chi connectivity index (χ1v) is 8.16. The van der Waals surface area contributed by atoms with Gasteiger partial charge < -0.3 is 25.8 Å². The van der Waals surface area contributed by atoms with E-state index in [1.165, 1.54) is 22.1 Å². The number of nitrogens with one attached hydrogen (secondary N) is 1. The molecule has 27 heavy (non-hydrogen) atoms. The summed E-state index contributed by atoms with van der Waals surface area (Å²) in [5, 5.41) is 30.7. The molecule has 148 valence electrons. The number of aromatic nitrogens is 4. The van der Waals surface area contributed by atoms with Gasteiger partial charge in [-0.05, 0) is 7.05 Å². The van der Waals surface area contributed by atoms with E-state index in [0.29, 0.717) is 0 Å². The van der Waals surface area contributed by atoms with Gasteiger partial charge in [0.05, 0.1) is 6.61 Å². The molecule has 8 N–H and O–H groups in total. The maximum Gasteiger partial charge on any atom is 0.236 e. The average molecular weight is 382 g/mol. The number of ether oxygens (including phenoxy) is 1. The van der Waals surface area contributed by atoms with Crippen molar-refractivity contribution in [3.63, 3.8) is 0 Å². The van der Waals surface area contributed by atoms with Crippen molar-refractivity contribution in [3.05, 3.63) is 12.7 Å².